The summed E-state index contributed by atoms with van der Waals surface area (Å²) >= 11 is 0. The minimum atomic E-state index is 0.267. The molecule has 2 aliphatic rings. The van der Waals surface area contributed by atoms with E-state index in [-0.39, 0.29) is 6.10 Å². The number of anilines is 1. The van der Waals surface area contributed by atoms with Gasteiger partial charge in [-0.25, -0.2) is 0 Å². The van der Waals surface area contributed by atoms with Crippen LogP contribution in [0.3, 0.4) is 0 Å². The van der Waals surface area contributed by atoms with Gasteiger partial charge in [0, 0.05) is 24.4 Å². The van der Waals surface area contributed by atoms with Gasteiger partial charge in [-0.1, -0.05) is 0 Å². The molecule has 0 saturated carbocycles. The molecule has 2 aliphatic heterocycles. The van der Waals surface area contributed by atoms with E-state index in [1.165, 1.54) is 36.9 Å². The molecule has 0 spiro atoms. The molecule has 3 rings (SSSR count). The fourth-order valence-corrected chi connectivity index (χ4v) is 2.77. The Morgan fingerprint density at radius 1 is 1.33 bits per heavy atom. The lowest BCUT2D eigenvalue weighted by molar-refractivity contribution is 0.112. The third kappa shape index (κ3) is 1.46. The largest absolute Gasteiger partial charge is 0.385 e. The molecular formula is C12H18N2O. The molecule has 3 heterocycles. The Labute approximate surface area is 90.2 Å². The third-order valence-corrected chi connectivity index (χ3v) is 3.60. The van der Waals surface area contributed by atoms with E-state index in [2.05, 4.69) is 10.6 Å². The molecule has 15 heavy (non-hydrogen) atoms. The van der Waals surface area contributed by atoms with Gasteiger partial charge in [-0.2, -0.15) is 0 Å². The lowest BCUT2D eigenvalue weighted by Gasteiger charge is -2.16. The Morgan fingerprint density at radius 3 is 3.00 bits per heavy atom. The fraction of sp³-hybridized carbons (Fsp3) is 0.667. The predicted octanol–water partition coefficient (Wildman–Crippen LogP) is 2.26. The number of ether oxygens (including phenoxy) is 1. The van der Waals surface area contributed by atoms with E-state index >= 15 is 0 Å². The number of aryl methyl sites for hydroxylation is 1. The smallest absolute Gasteiger partial charge is 0.109 e. The molecule has 0 unspecified atom stereocenters. The Bertz CT molecular complexity index is 364. The van der Waals surface area contributed by atoms with Crippen LogP contribution in [0.15, 0.2) is 6.07 Å². The van der Waals surface area contributed by atoms with Crippen LogP contribution in [-0.2, 0) is 17.7 Å². The molecular weight excluding hydrogens is 188 g/mol. The van der Waals surface area contributed by atoms with E-state index in [1.807, 2.05) is 0 Å². The van der Waals surface area contributed by atoms with Gasteiger partial charge in [0.1, 0.15) is 5.82 Å². The summed E-state index contributed by atoms with van der Waals surface area (Å²) in [5.41, 5.74) is 8.83. The quantitative estimate of drug-likeness (QED) is 0.765. The van der Waals surface area contributed by atoms with Crippen LogP contribution in [0.25, 0.3) is 0 Å². The number of rotatable bonds is 1. The zero-order chi connectivity index (χ0) is 10.3. The number of aromatic nitrogens is 1. The van der Waals surface area contributed by atoms with Crippen LogP contribution in [0.1, 0.15) is 43.0 Å². The molecule has 1 atom stereocenters. The number of fused-ring (bicyclic) bond motifs is 1. The van der Waals surface area contributed by atoms with E-state index < -0.39 is 0 Å². The zero-order valence-electron chi connectivity index (χ0n) is 9.04. The lowest BCUT2D eigenvalue weighted by Crippen LogP contribution is -2.12. The average Bonchev–Trinajstić information content (AvgIpc) is 2.87. The molecule has 0 radical (unpaired) electrons. The molecule has 1 fully saturated rings. The third-order valence-electron chi connectivity index (χ3n) is 3.60. The SMILES string of the molecule is Nc1c([C@@H]2CCCO2)cc2n1CCCC2. The lowest BCUT2D eigenvalue weighted by atomic mass is 10.1. The van der Waals surface area contributed by atoms with Crippen molar-refractivity contribution in [3.8, 4) is 0 Å². The van der Waals surface area contributed by atoms with Crippen LogP contribution < -0.4 is 5.73 Å². The number of nitrogens with two attached hydrogens (primary N) is 1. The van der Waals surface area contributed by atoms with Crippen molar-refractivity contribution in [1.29, 1.82) is 0 Å². The summed E-state index contributed by atoms with van der Waals surface area (Å²) in [6, 6.07) is 2.27. The summed E-state index contributed by atoms with van der Waals surface area (Å²) in [6.07, 6.45) is 6.31. The fourth-order valence-electron chi connectivity index (χ4n) is 2.77. The predicted molar refractivity (Wildman–Crippen MR) is 59.7 cm³/mol. The number of hydrogen-bond donors (Lipinski definition) is 1. The van der Waals surface area contributed by atoms with Crippen molar-refractivity contribution in [3.05, 3.63) is 17.3 Å². The van der Waals surface area contributed by atoms with Gasteiger partial charge in [0.25, 0.3) is 0 Å². The van der Waals surface area contributed by atoms with Crippen molar-refractivity contribution in [3.63, 3.8) is 0 Å². The van der Waals surface area contributed by atoms with Gasteiger partial charge in [-0.05, 0) is 38.2 Å². The topological polar surface area (TPSA) is 40.2 Å². The zero-order valence-corrected chi connectivity index (χ0v) is 9.04. The number of hydrogen-bond acceptors (Lipinski definition) is 2. The van der Waals surface area contributed by atoms with Crippen molar-refractivity contribution in [2.24, 2.45) is 0 Å². The van der Waals surface area contributed by atoms with Crippen LogP contribution in [0.2, 0.25) is 0 Å². The molecule has 0 amide bonds. The van der Waals surface area contributed by atoms with E-state index in [9.17, 15) is 0 Å². The highest BCUT2D eigenvalue weighted by molar-refractivity contribution is 5.47. The second-order valence-electron chi connectivity index (χ2n) is 4.59. The molecule has 0 aromatic carbocycles. The average molecular weight is 206 g/mol. The molecule has 1 saturated heterocycles. The van der Waals surface area contributed by atoms with Crippen LogP contribution in [0.4, 0.5) is 5.82 Å². The van der Waals surface area contributed by atoms with Gasteiger partial charge in [0.15, 0.2) is 0 Å². The molecule has 1 aromatic rings. The first-order chi connectivity index (χ1) is 7.36. The van der Waals surface area contributed by atoms with Crippen molar-refractivity contribution in [2.45, 2.75) is 44.8 Å². The van der Waals surface area contributed by atoms with Crippen molar-refractivity contribution < 1.29 is 4.74 Å². The summed E-state index contributed by atoms with van der Waals surface area (Å²) in [4.78, 5) is 0. The van der Waals surface area contributed by atoms with Crippen molar-refractivity contribution in [2.75, 3.05) is 12.3 Å². The Kier molecular flexibility index (Phi) is 2.20. The van der Waals surface area contributed by atoms with Gasteiger partial charge < -0.3 is 15.0 Å². The van der Waals surface area contributed by atoms with Crippen LogP contribution in [0.5, 0.6) is 0 Å². The highest BCUT2D eigenvalue weighted by Gasteiger charge is 2.24. The normalized spacial score (nSPS) is 25.5. The molecule has 3 heteroatoms. The first kappa shape index (κ1) is 9.28. The minimum absolute atomic E-state index is 0.267. The van der Waals surface area contributed by atoms with Gasteiger partial charge in [-0.15, -0.1) is 0 Å². The maximum absolute atomic E-state index is 6.19. The molecule has 3 nitrogen and oxygen atoms in total. The Balaban J connectivity index is 1.97. The van der Waals surface area contributed by atoms with Crippen molar-refractivity contribution >= 4 is 5.82 Å². The van der Waals surface area contributed by atoms with Gasteiger partial charge in [0.2, 0.25) is 0 Å². The summed E-state index contributed by atoms with van der Waals surface area (Å²) in [5.74, 6) is 0.955. The highest BCUT2D eigenvalue weighted by atomic mass is 16.5. The number of nitrogens with zero attached hydrogens (tertiary/aromatic N) is 1. The van der Waals surface area contributed by atoms with E-state index in [0.717, 1.165) is 25.4 Å². The molecule has 82 valence electrons. The second kappa shape index (κ2) is 3.56. The Morgan fingerprint density at radius 2 is 2.27 bits per heavy atom. The van der Waals surface area contributed by atoms with E-state index in [0.29, 0.717) is 0 Å². The second-order valence-corrected chi connectivity index (χ2v) is 4.59. The summed E-state index contributed by atoms with van der Waals surface area (Å²) in [5, 5.41) is 0. The Hall–Kier alpha value is -0.960. The standard InChI is InChI=1S/C12H18N2O/c13-12-10(11-5-3-7-15-11)8-9-4-1-2-6-14(9)12/h8,11H,1-7,13H2/t11-/m0/s1. The first-order valence-corrected chi connectivity index (χ1v) is 5.95. The highest BCUT2D eigenvalue weighted by Crippen LogP contribution is 2.35. The van der Waals surface area contributed by atoms with Gasteiger partial charge in [0.05, 0.1) is 6.10 Å². The van der Waals surface area contributed by atoms with Crippen LogP contribution >= 0.6 is 0 Å². The van der Waals surface area contributed by atoms with Gasteiger partial charge in [-0.3, -0.25) is 0 Å². The molecule has 2 N–H and O–H groups in total. The number of nitrogen functional groups attached to an aromatic ring is 1. The van der Waals surface area contributed by atoms with Crippen LogP contribution in [0, 0.1) is 0 Å². The van der Waals surface area contributed by atoms with Crippen LogP contribution in [-0.4, -0.2) is 11.2 Å². The summed E-state index contributed by atoms with van der Waals surface area (Å²) in [6.45, 7) is 1.98. The van der Waals surface area contributed by atoms with E-state index in [1.54, 1.807) is 0 Å². The summed E-state index contributed by atoms with van der Waals surface area (Å²) in [7, 11) is 0. The maximum atomic E-state index is 6.19. The first-order valence-electron chi connectivity index (χ1n) is 5.95. The molecule has 0 aliphatic carbocycles. The monoisotopic (exact) mass is 206 g/mol. The molecule has 0 bridgehead atoms. The van der Waals surface area contributed by atoms with Gasteiger partial charge >= 0.3 is 0 Å². The van der Waals surface area contributed by atoms with Crippen molar-refractivity contribution in [1.82, 2.24) is 4.57 Å². The molecule has 1 aromatic heterocycles. The summed E-state index contributed by atoms with van der Waals surface area (Å²) < 4.78 is 7.98. The van der Waals surface area contributed by atoms with E-state index in [4.69, 9.17) is 10.5 Å². The minimum Gasteiger partial charge on any atom is -0.385 e. The maximum Gasteiger partial charge on any atom is 0.109 e.